The second kappa shape index (κ2) is 3.68. The number of nitro groups is 1. The molecule has 2 heterocycles. The van der Waals surface area contributed by atoms with Crippen molar-refractivity contribution in [2.45, 2.75) is 12.2 Å². The van der Waals surface area contributed by atoms with Crippen molar-refractivity contribution in [3.63, 3.8) is 0 Å². The fourth-order valence-corrected chi connectivity index (χ4v) is 2.24. The summed E-state index contributed by atoms with van der Waals surface area (Å²) in [6.45, 7) is 1.50. The Balaban J connectivity index is 2.11. The zero-order valence-electron chi connectivity index (χ0n) is 9.05. The molecule has 2 aliphatic rings. The third kappa shape index (κ3) is 1.57. The van der Waals surface area contributed by atoms with Crippen molar-refractivity contribution in [3.05, 3.63) is 33.9 Å². The van der Waals surface area contributed by atoms with Crippen molar-refractivity contribution in [3.8, 4) is 5.75 Å². The van der Waals surface area contributed by atoms with E-state index >= 15 is 0 Å². The van der Waals surface area contributed by atoms with Crippen molar-refractivity contribution >= 4 is 5.69 Å². The summed E-state index contributed by atoms with van der Waals surface area (Å²) >= 11 is 0. The van der Waals surface area contributed by atoms with Gasteiger partial charge in [-0.15, -0.1) is 0 Å². The monoisotopic (exact) mass is 237 g/mol. The second-order valence-electron chi connectivity index (χ2n) is 3.99. The number of ether oxygens (including phenoxy) is 3. The van der Waals surface area contributed by atoms with E-state index in [9.17, 15) is 10.1 Å². The van der Waals surface area contributed by atoms with Gasteiger partial charge in [0.1, 0.15) is 5.75 Å². The number of fused-ring (bicyclic) bond motifs is 2. The molecule has 0 bridgehead atoms. The van der Waals surface area contributed by atoms with Gasteiger partial charge >= 0.3 is 0 Å². The maximum atomic E-state index is 10.8. The average Bonchev–Trinajstić information content (AvgIpc) is 2.78. The summed E-state index contributed by atoms with van der Waals surface area (Å²) in [5.74, 6) is -0.247. The van der Waals surface area contributed by atoms with Crippen LogP contribution >= 0.6 is 0 Å². The lowest BCUT2D eigenvalue weighted by Crippen LogP contribution is -2.33. The molecule has 0 aliphatic carbocycles. The standard InChI is InChI=1S/C11H11NO5/c13-12(14)8-1-2-10-9(7-8)11(3-4-15-10)16-5-6-17-11/h1-2,7H,3-6H2. The van der Waals surface area contributed by atoms with Gasteiger partial charge < -0.3 is 14.2 Å². The Labute approximate surface area is 97.2 Å². The quantitative estimate of drug-likeness (QED) is 0.547. The van der Waals surface area contributed by atoms with Crippen LogP contribution in [0.5, 0.6) is 5.75 Å². The van der Waals surface area contributed by atoms with Crippen molar-refractivity contribution in [2.24, 2.45) is 0 Å². The number of nitrogens with zero attached hydrogens (tertiary/aromatic N) is 1. The maximum Gasteiger partial charge on any atom is 0.270 e. The summed E-state index contributed by atoms with van der Waals surface area (Å²) in [7, 11) is 0. The summed E-state index contributed by atoms with van der Waals surface area (Å²) < 4.78 is 16.7. The highest BCUT2D eigenvalue weighted by Crippen LogP contribution is 2.44. The third-order valence-corrected chi connectivity index (χ3v) is 3.03. The predicted octanol–water partition coefficient (Wildman–Crippen LogP) is 1.58. The van der Waals surface area contributed by atoms with E-state index in [1.54, 1.807) is 6.07 Å². The Kier molecular flexibility index (Phi) is 2.27. The molecule has 0 atom stereocenters. The van der Waals surface area contributed by atoms with E-state index in [4.69, 9.17) is 14.2 Å². The number of rotatable bonds is 1. The summed E-state index contributed by atoms with van der Waals surface area (Å²) in [4.78, 5) is 10.3. The molecule has 1 aromatic rings. The first-order chi connectivity index (χ1) is 8.21. The highest BCUT2D eigenvalue weighted by Gasteiger charge is 2.44. The van der Waals surface area contributed by atoms with E-state index in [2.05, 4.69) is 0 Å². The molecule has 1 spiro atoms. The molecule has 90 valence electrons. The number of hydrogen-bond acceptors (Lipinski definition) is 5. The lowest BCUT2D eigenvalue weighted by molar-refractivity contribution is -0.385. The van der Waals surface area contributed by atoms with Gasteiger partial charge in [-0.3, -0.25) is 10.1 Å². The molecule has 0 saturated carbocycles. The van der Waals surface area contributed by atoms with E-state index in [-0.39, 0.29) is 5.69 Å². The molecule has 6 heteroatoms. The zero-order chi connectivity index (χ0) is 11.9. The normalized spacial score (nSPS) is 20.9. The van der Waals surface area contributed by atoms with Gasteiger partial charge in [0, 0.05) is 18.6 Å². The molecule has 6 nitrogen and oxygen atoms in total. The zero-order valence-corrected chi connectivity index (χ0v) is 9.05. The van der Waals surface area contributed by atoms with Gasteiger partial charge in [0.25, 0.3) is 5.69 Å². The van der Waals surface area contributed by atoms with E-state index in [0.29, 0.717) is 37.6 Å². The topological polar surface area (TPSA) is 70.8 Å². The largest absolute Gasteiger partial charge is 0.493 e. The summed E-state index contributed by atoms with van der Waals surface area (Å²) in [6.07, 6.45) is 0.557. The van der Waals surface area contributed by atoms with Crippen molar-refractivity contribution in [1.82, 2.24) is 0 Å². The van der Waals surface area contributed by atoms with Gasteiger partial charge in [0.15, 0.2) is 0 Å². The number of hydrogen-bond donors (Lipinski definition) is 0. The van der Waals surface area contributed by atoms with Crippen molar-refractivity contribution in [1.29, 1.82) is 0 Å². The fraction of sp³-hybridized carbons (Fsp3) is 0.455. The van der Waals surface area contributed by atoms with Crippen molar-refractivity contribution < 1.29 is 19.1 Å². The van der Waals surface area contributed by atoms with E-state index < -0.39 is 10.7 Å². The van der Waals surface area contributed by atoms with Crippen LogP contribution in [0.1, 0.15) is 12.0 Å². The number of benzene rings is 1. The molecule has 0 radical (unpaired) electrons. The molecule has 0 unspecified atom stereocenters. The molecular weight excluding hydrogens is 226 g/mol. The summed E-state index contributed by atoms with van der Waals surface area (Å²) in [5.41, 5.74) is 0.642. The Morgan fingerprint density at radius 1 is 1.24 bits per heavy atom. The van der Waals surface area contributed by atoms with Gasteiger partial charge in [-0.05, 0) is 6.07 Å². The molecule has 1 saturated heterocycles. The van der Waals surface area contributed by atoms with Crippen LogP contribution in [0.15, 0.2) is 18.2 Å². The summed E-state index contributed by atoms with van der Waals surface area (Å²) in [5, 5.41) is 10.8. The van der Waals surface area contributed by atoms with Crippen LogP contribution in [0.4, 0.5) is 5.69 Å². The first-order valence-electron chi connectivity index (χ1n) is 5.41. The van der Waals surface area contributed by atoms with Crippen molar-refractivity contribution in [2.75, 3.05) is 19.8 Å². The minimum Gasteiger partial charge on any atom is -0.493 e. The molecular formula is C11H11NO5. The molecule has 1 fully saturated rings. The van der Waals surface area contributed by atoms with Crippen LogP contribution in [0, 0.1) is 10.1 Å². The van der Waals surface area contributed by atoms with Gasteiger partial charge in [0.05, 0.1) is 30.3 Å². The SMILES string of the molecule is O=[N+]([O-])c1ccc2c(c1)C1(CCO2)OCCO1. The smallest absolute Gasteiger partial charge is 0.270 e. The molecule has 2 aliphatic heterocycles. The van der Waals surface area contributed by atoms with Crippen LogP contribution in [-0.2, 0) is 15.3 Å². The lowest BCUT2D eigenvalue weighted by atomic mass is 9.98. The highest BCUT2D eigenvalue weighted by molar-refractivity contribution is 5.47. The van der Waals surface area contributed by atoms with Crippen LogP contribution < -0.4 is 4.74 Å². The van der Waals surface area contributed by atoms with Gasteiger partial charge in [-0.2, -0.15) is 0 Å². The molecule has 0 N–H and O–H groups in total. The second-order valence-corrected chi connectivity index (χ2v) is 3.99. The Morgan fingerprint density at radius 2 is 2.00 bits per heavy atom. The van der Waals surface area contributed by atoms with Gasteiger partial charge in [0.2, 0.25) is 5.79 Å². The minimum absolute atomic E-state index is 0.0210. The van der Waals surface area contributed by atoms with Crippen LogP contribution in [0.3, 0.4) is 0 Å². The van der Waals surface area contributed by atoms with Crippen LogP contribution in [-0.4, -0.2) is 24.7 Å². The maximum absolute atomic E-state index is 10.8. The Morgan fingerprint density at radius 3 is 2.71 bits per heavy atom. The van der Waals surface area contributed by atoms with Crippen LogP contribution in [0.2, 0.25) is 0 Å². The number of nitro benzene ring substituents is 1. The van der Waals surface area contributed by atoms with Gasteiger partial charge in [-0.1, -0.05) is 0 Å². The first kappa shape index (κ1) is 10.5. The third-order valence-electron chi connectivity index (χ3n) is 3.03. The Bertz CT molecular complexity index is 467. The van der Waals surface area contributed by atoms with Crippen LogP contribution in [0.25, 0.3) is 0 Å². The molecule has 0 aromatic heterocycles. The van der Waals surface area contributed by atoms with E-state index in [1.165, 1.54) is 12.1 Å². The minimum atomic E-state index is -0.848. The Hall–Kier alpha value is -1.66. The lowest BCUT2D eigenvalue weighted by Gasteiger charge is -2.33. The molecule has 3 rings (SSSR count). The molecule has 1 aromatic carbocycles. The molecule has 0 amide bonds. The average molecular weight is 237 g/mol. The predicted molar refractivity (Wildman–Crippen MR) is 56.8 cm³/mol. The molecule has 17 heavy (non-hydrogen) atoms. The van der Waals surface area contributed by atoms with E-state index in [1.807, 2.05) is 0 Å². The summed E-state index contributed by atoms with van der Waals surface area (Å²) in [6, 6.07) is 4.49. The van der Waals surface area contributed by atoms with E-state index in [0.717, 1.165) is 0 Å². The van der Waals surface area contributed by atoms with Gasteiger partial charge in [-0.25, -0.2) is 0 Å². The highest BCUT2D eigenvalue weighted by atomic mass is 16.7. The number of non-ortho nitro benzene ring substituents is 1. The fourth-order valence-electron chi connectivity index (χ4n) is 2.24. The first-order valence-corrected chi connectivity index (χ1v) is 5.41.